The molecule has 0 radical (unpaired) electrons. The van der Waals surface area contributed by atoms with Gasteiger partial charge in [0.15, 0.2) is 5.16 Å². The second-order valence-electron chi connectivity index (χ2n) is 7.59. The molecule has 0 aliphatic carbocycles. The van der Waals surface area contributed by atoms with Gasteiger partial charge in [-0.1, -0.05) is 43.8 Å². The Balaban J connectivity index is 1.49. The highest BCUT2D eigenvalue weighted by atomic mass is 32.2. The molecule has 0 saturated carbocycles. The van der Waals surface area contributed by atoms with Crippen molar-refractivity contribution in [3.8, 4) is 0 Å². The summed E-state index contributed by atoms with van der Waals surface area (Å²) < 4.78 is 14.7. The number of nitrogens with zero attached hydrogens (tertiary/aromatic N) is 3. The lowest BCUT2D eigenvalue weighted by atomic mass is 10.0. The minimum Gasteiger partial charge on any atom is -0.326 e. The second-order valence-corrected chi connectivity index (χ2v) is 8.53. The summed E-state index contributed by atoms with van der Waals surface area (Å²) in [6.07, 6.45) is 0.603. The van der Waals surface area contributed by atoms with Crippen LogP contribution < -0.4 is 10.6 Å². The molecule has 0 aliphatic heterocycles. The summed E-state index contributed by atoms with van der Waals surface area (Å²) in [5.74, 6) is 0.477. The number of aryl methyl sites for hydroxylation is 1. The van der Waals surface area contributed by atoms with Crippen LogP contribution in [0, 0.1) is 5.82 Å². The first-order chi connectivity index (χ1) is 15.3. The maximum Gasteiger partial charge on any atom is 0.234 e. The van der Waals surface area contributed by atoms with Crippen LogP contribution in [-0.2, 0) is 23.1 Å². The standard InChI is InChI=1S/C23H26FN5O2S/c1-15(2)18-6-4-5-7-19(18)26-22(31)14-32-23-28-27-20(29(23)3)12-13-21(30)25-17-10-8-16(24)9-11-17/h4-11,15H,12-14H2,1-3H3,(H,25,30)(H,26,31). The predicted octanol–water partition coefficient (Wildman–Crippen LogP) is 4.38. The van der Waals surface area contributed by atoms with Gasteiger partial charge in [0.25, 0.3) is 0 Å². The number of carbonyl (C=O) groups is 2. The summed E-state index contributed by atoms with van der Waals surface area (Å²) in [7, 11) is 1.81. The smallest absolute Gasteiger partial charge is 0.234 e. The van der Waals surface area contributed by atoms with Gasteiger partial charge in [-0.2, -0.15) is 0 Å². The molecule has 2 amide bonds. The zero-order valence-corrected chi connectivity index (χ0v) is 19.1. The van der Waals surface area contributed by atoms with E-state index >= 15 is 0 Å². The number of amides is 2. The van der Waals surface area contributed by atoms with Crippen molar-refractivity contribution in [3.63, 3.8) is 0 Å². The van der Waals surface area contributed by atoms with E-state index in [0.29, 0.717) is 29.0 Å². The lowest BCUT2D eigenvalue weighted by molar-refractivity contribution is -0.116. The summed E-state index contributed by atoms with van der Waals surface area (Å²) in [5.41, 5.74) is 2.44. The van der Waals surface area contributed by atoms with Crippen LogP contribution in [0.1, 0.15) is 37.6 Å². The van der Waals surface area contributed by atoms with Crippen molar-refractivity contribution in [1.82, 2.24) is 14.8 Å². The van der Waals surface area contributed by atoms with Crippen molar-refractivity contribution in [2.24, 2.45) is 7.05 Å². The van der Waals surface area contributed by atoms with Gasteiger partial charge in [0.1, 0.15) is 11.6 Å². The van der Waals surface area contributed by atoms with Crippen LogP contribution in [-0.4, -0.2) is 32.3 Å². The summed E-state index contributed by atoms with van der Waals surface area (Å²) in [4.78, 5) is 24.6. The van der Waals surface area contributed by atoms with Crippen molar-refractivity contribution in [1.29, 1.82) is 0 Å². The fourth-order valence-corrected chi connectivity index (χ4v) is 3.83. The third kappa shape index (κ3) is 6.40. The molecule has 0 fully saturated rings. The third-order valence-corrected chi connectivity index (χ3v) is 5.84. The molecule has 0 saturated heterocycles. The van der Waals surface area contributed by atoms with Gasteiger partial charge >= 0.3 is 0 Å². The minimum absolute atomic E-state index is 0.119. The maximum absolute atomic E-state index is 13.0. The van der Waals surface area contributed by atoms with Crippen LogP contribution in [0.2, 0.25) is 0 Å². The van der Waals surface area contributed by atoms with Crippen molar-refractivity contribution >= 4 is 35.0 Å². The van der Waals surface area contributed by atoms with Crippen LogP contribution in [0.4, 0.5) is 15.8 Å². The quantitative estimate of drug-likeness (QED) is 0.468. The average molecular weight is 456 g/mol. The molecule has 0 atom stereocenters. The van der Waals surface area contributed by atoms with Crippen molar-refractivity contribution in [2.75, 3.05) is 16.4 Å². The number of hydrogen-bond donors (Lipinski definition) is 2. The summed E-state index contributed by atoms with van der Waals surface area (Å²) >= 11 is 1.29. The normalized spacial score (nSPS) is 10.9. The Bertz CT molecular complexity index is 1080. The van der Waals surface area contributed by atoms with Gasteiger partial charge in [-0.25, -0.2) is 4.39 Å². The topological polar surface area (TPSA) is 88.9 Å². The average Bonchev–Trinajstić information content (AvgIpc) is 3.12. The van der Waals surface area contributed by atoms with E-state index in [-0.39, 0.29) is 29.8 Å². The number of para-hydroxylation sites is 1. The molecule has 2 aromatic carbocycles. The largest absolute Gasteiger partial charge is 0.326 e. The van der Waals surface area contributed by atoms with Gasteiger partial charge in [0.05, 0.1) is 5.75 Å². The fraction of sp³-hybridized carbons (Fsp3) is 0.304. The van der Waals surface area contributed by atoms with Crippen molar-refractivity contribution in [3.05, 3.63) is 65.7 Å². The van der Waals surface area contributed by atoms with E-state index in [0.717, 1.165) is 11.3 Å². The van der Waals surface area contributed by atoms with Gasteiger partial charge in [-0.05, 0) is 41.8 Å². The summed E-state index contributed by atoms with van der Waals surface area (Å²) in [6, 6.07) is 13.4. The molecule has 0 spiro atoms. The van der Waals surface area contributed by atoms with Crippen LogP contribution in [0.5, 0.6) is 0 Å². The van der Waals surface area contributed by atoms with Gasteiger partial charge in [-0.15, -0.1) is 10.2 Å². The molecule has 1 aromatic heterocycles. The van der Waals surface area contributed by atoms with Crippen LogP contribution in [0.3, 0.4) is 0 Å². The van der Waals surface area contributed by atoms with E-state index in [4.69, 9.17) is 0 Å². The third-order valence-electron chi connectivity index (χ3n) is 4.82. The Kier molecular flexibility index (Phi) is 7.99. The number of aromatic nitrogens is 3. The summed E-state index contributed by atoms with van der Waals surface area (Å²) in [6.45, 7) is 4.17. The molecular formula is C23H26FN5O2S. The molecule has 0 unspecified atom stereocenters. The number of carbonyl (C=O) groups excluding carboxylic acids is 2. The van der Waals surface area contributed by atoms with Gasteiger partial charge in [-0.3, -0.25) is 9.59 Å². The van der Waals surface area contributed by atoms with E-state index in [9.17, 15) is 14.0 Å². The maximum atomic E-state index is 13.0. The van der Waals surface area contributed by atoms with Crippen LogP contribution in [0.15, 0.2) is 53.7 Å². The molecule has 1 heterocycles. The van der Waals surface area contributed by atoms with E-state index in [1.807, 2.05) is 31.3 Å². The lowest BCUT2D eigenvalue weighted by Gasteiger charge is -2.13. The number of hydrogen-bond acceptors (Lipinski definition) is 5. The minimum atomic E-state index is -0.357. The molecule has 32 heavy (non-hydrogen) atoms. The molecule has 7 nitrogen and oxygen atoms in total. The summed E-state index contributed by atoms with van der Waals surface area (Å²) in [5, 5.41) is 14.6. The van der Waals surface area contributed by atoms with Gasteiger partial charge in [0.2, 0.25) is 11.8 Å². The van der Waals surface area contributed by atoms with Gasteiger partial charge in [0, 0.05) is 31.3 Å². The Labute approximate surface area is 190 Å². The Hall–Kier alpha value is -3.20. The van der Waals surface area contributed by atoms with E-state index < -0.39 is 0 Å². The number of anilines is 2. The lowest BCUT2D eigenvalue weighted by Crippen LogP contribution is -2.16. The highest BCUT2D eigenvalue weighted by Gasteiger charge is 2.14. The number of thioether (sulfide) groups is 1. The Morgan fingerprint density at radius 2 is 1.75 bits per heavy atom. The van der Waals surface area contributed by atoms with Crippen LogP contribution >= 0.6 is 11.8 Å². The van der Waals surface area contributed by atoms with E-state index in [2.05, 4.69) is 34.7 Å². The number of halogens is 1. The van der Waals surface area contributed by atoms with E-state index in [1.165, 1.54) is 36.0 Å². The Morgan fingerprint density at radius 3 is 2.47 bits per heavy atom. The fourth-order valence-electron chi connectivity index (χ4n) is 3.10. The Morgan fingerprint density at radius 1 is 1.03 bits per heavy atom. The predicted molar refractivity (Wildman–Crippen MR) is 124 cm³/mol. The van der Waals surface area contributed by atoms with Crippen molar-refractivity contribution in [2.45, 2.75) is 37.8 Å². The highest BCUT2D eigenvalue weighted by Crippen LogP contribution is 2.24. The zero-order chi connectivity index (χ0) is 23.1. The molecule has 9 heteroatoms. The molecular weight excluding hydrogens is 429 g/mol. The molecule has 0 aliphatic rings. The highest BCUT2D eigenvalue weighted by molar-refractivity contribution is 7.99. The molecule has 0 bridgehead atoms. The first-order valence-corrected chi connectivity index (χ1v) is 11.3. The first kappa shape index (κ1) is 23.5. The zero-order valence-electron chi connectivity index (χ0n) is 18.3. The number of nitrogens with one attached hydrogen (secondary N) is 2. The number of rotatable bonds is 9. The second kappa shape index (κ2) is 10.9. The molecule has 168 valence electrons. The first-order valence-electron chi connectivity index (χ1n) is 10.3. The van der Waals surface area contributed by atoms with Crippen LogP contribution in [0.25, 0.3) is 0 Å². The molecule has 2 N–H and O–H groups in total. The SMILES string of the molecule is CC(C)c1ccccc1NC(=O)CSc1nnc(CCC(=O)Nc2ccc(F)cc2)n1C. The van der Waals surface area contributed by atoms with Crippen molar-refractivity contribution < 1.29 is 14.0 Å². The number of benzene rings is 2. The molecule has 3 rings (SSSR count). The van der Waals surface area contributed by atoms with E-state index in [1.54, 1.807) is 4.57 Å². The molecule has 3 aromatic rings. The monoisotopic (exact) mass is 455 g/mol. The van der Waals surface area contributed by atoms with Gasteiger partial charge < -0.3 is 15.2 Å².